The molecule has 0 spiro atoms. The third-order valence-corrected chi connectivity index (χ3v) is 7.39. The molecule has 12 heteroatoms. The van der Waals surface area contributed by atoms with Gasteiger partial charge in [0.25, 0.3) is 0 Å². The molecular formula is C27H28Cl2FN7O2. The summed E-state index contributed by atoms with van der Waals surface area (Å²) in [4.78, 5) is 23.7. The van der Waals surface area contributed by atoms with E-state index < -0.39 is 11.9 Å². The van der Waals surface area contributed by atoms with Gasteiger partial charge in [0, 0.05) is 62.3 Å². The maximum atomic E-state index is 15.2. The van der Waals surface area contributed by atoms with Gasteiger partial charge in [-0.05, 0) is 38.1 Å². The molecule has 1 fully saturated rings. The predicted octanol–water partition coefficient (Wildman–Crippen LogP) is 4.86. The number of hydrogen-bond acceptors (Lipinski definition) is 7. The minimum Gasteiger partial charge on any atom is -0.486 e. The lowest BCUT2D eigenvalue weighted by molar-refractivity contribution is -0.128. The van der Waals surface area contributed by atoms with Crippen LogP contribution in [-0.2, 0) is 4.79 Å². The van der Waals surface area contributed by atoms with Crippen molar-refractivity contribution in [2.24, 2.45) is 0 Å². The number of nitrogens with zero attached hydrogens (tertiary/aromatic N) is 5. The molecular weight excluding hydrogens is 544 g/mol. The van der Waals surface area contributed by atoms with Crippen molar-refractivity contribution in [3.05, 3.63) is 64.3 Å². The maximum Gasteiger partial charge on any atom is 0.236 e. The standard InChI is InChI=1S/C27H28Cl2FN7O2/c1-15(24-19(28)10-31-11-20(24)29)39-17-5-6-22-18(8-17)25(35-34-22)16-7-21(30)26(32-9-16)37-13-27(2,14-37)33-12-23(38)36(3)4/h5-11,15,33H,12-14H2,1-4H3,(H,34,35)/t15-/m1/s1. The van der Waals surface area contributed by atoms with Gasteiger partial charge < -0.3 is 14.5 Å². The summed E-state index contributed by atoms with van der Waals surface area (Å²) in [5, 5.41) is 12.2. The van der Waals surface area contributed by atoms with Crippen molar-refractivity contribution < 1.29 is 13.9 Å². The van der Waals surface area contributed by atoms with Crippen LogP contribution in [0.2, 0.25) is 10.0 Å². The molecule has 0 radical (unpaired) electrons. The van der Waals surface area contributed by atoms with Crippen molar-refractivity contribution in [1.29, 1.82) is 0 Å². The summed E-state index contributed by atoms with van der Waals surface area (Å²) in [6.45, 7) is 5.15. The zero-order chi connectivity index (χ0) is 27.9. The first kappa shape index (κ1) is 27.1. The van der Waals surface area contributed by atoms with Crippen LogP contribution in [0, 0.1) is 5.82 Å². The van der Waals surface area contributed by atoms with Crippen LogP contribution in [0.4, 0.5) is 10.2 Å². The number of amides is 1. The van der Waals surface area contributed by atoms with Crippen molar-refractivity contribution in [3.8, 4) is 17.0 Å². The number of anilines is 1. The minimum atomic E-state index is -0.446. The van der Waals surface area contributed by atoms with Crippen molar-refractivity contribution in [2.75, 3.05) is 38.6 Å². The van der Waals surface area contributed by atoms with E-state index in [4.69, 9.17) is 27.9 Å². The first-order valence-electron chi connectivity index (χ1n) is 12.3. The number of ether oxygens (including phenoxy) is 1. The second kappa shape index (κ2) is 10.6. The molecule has 4 aromatic rings. The third-order valence-electron chi connectivity index (χ3n) is 6.78. The number of hydrogen-bond donors (Lipinski definition) is 2. The Bertz CT molecular complexity index is 1520. The number of halogens is 3. The third kappa shape index (κ3) is 5.50. The van der Waals surface area contributed by atoms with Crippen LogP contribution in [0.3, 0.4) is 0 Å². The first-order valence-corrected chi connectivity index (χ1v) is 13.1. The fourth-order valence-corrected chi connectivity index (χ4v) is 5.33. The second-order valence-electron chi connectivity index (χ2n) is 10.1. The lowest BCUT2D eigenvalue weighted by Crippen LogP contribution is -2.69. The minimum absolute atomic E-state index is 0.0115. The van der Waals surface area contributed by atoms with E-state index in [1.165, 1.54) is 23.4 Å². The number of nitrogens with one attached hydrogen (secondary N) is 2. The number of aromatic amines is 1. The highest BCUT2D eigenvalue weighted by atomic mass is 35.5. The molecule has 2 N–H and O–H groups in total. The van der Waals surface area contributed by atoms with Crippen LogP contribution in [0.5, 0.6) is 5.75 Å². The van der Waals surface area contributed by atoms with Gasteiger partial charge in [-0.2, -0.15) is 5.10 Å². The Labute approximate surface area is 235 Å². The van der Waals surface area contributed by atoms with Gasteiger partial charge in [-0.3, -0.25) is 20.2 Å². The molecule has 0 bridgehead atoms. The Morgan fingerprint density at radius 2 is 1.95 bits per heavy atom. The highest BCUT2D eigenvalue weighted by Crippen LogP contribution is 2.36. The molecule has 0 aliphatic carbocycles. The van der Waals surface area contributed by atoms with E-state index in [9.17, 15) is 4.79 Å². The van der Waals surface area contributed by atoms with Crippen LogP contribution in [0.1, 0.15) is 25.5 Å². The Hall–Kier alpha value is -3.47. The molecule has 1 atom stereocenters. The SMILES string of the molecule is C[C@@H](Oc1ccc2[nH]nc(-c3cnc(N4CC(C)(NCC(=O)N(C)C)C4)c(F)c3)c2c1)c1c(Cl)cncc1Cl. The number of carbonyl (C=O) groups excluding carboxylic acids is 1. The number of likely N-dealkylation sites (N-methyl/N-ethyl adjacent to an activating group) is 1. The van der Waals surface area contributed by atoms with E-state index in [0.717, 1.165) is 10.9 Å². The largest absolute Gasteiger partial charge is 0.486 e. The second-order valence-corrected chi connectivity index (χ2v) is 11.0. The molecule has 0 unspecified atom stereocenters. The highest BCUT2D eigenvalue weighted by molar-refractivity contribution is 6.35. The molecule has 3 aromatic heterocycles. The van der Waals surface area contributed by atoms with Crippen molar-refractivity contribution in [3.63, 3.8) is 0 Å². The average molecular weight is 572 g/mol. The van der Waals surface area contributed by atoms with E-state index in [1.54, 1.807) is 20.3 Å². The molecule has 1 amide bonds. The fraction of sp³-hybridized carbons (Fsp3) is 0.333. The summed E-state index contributed by atoms with van der Waals surface area (Å²) < 4.78 is 21.4. The van der Waals surface area contributed by atoms with E-state index in [2.05, 4.69) is 25.5 Å². The number of fused-ring (bicyclic) bond motifs is 1. The Morgan fingerprint density at radius 3 is 2.62 bits per heavy atom. The van der Waals surface area contributed by atoms with E-state index in [0.29, 0.717) is 45.7 Å². The maximum absolute atomic E-state index is 15.2. The average Bonchev–Trinajstić information content (AvgIpc) is 3.29. The quantitative estimate of drug-likeness (QED) is 0.311. The molecule has 39 heavy (non-hydrogen) atoms. The van der Waals surface area contributed by atoms with Gasteiger partial charge in [0.1, 0.15) is 17.5 Å². The number of rotatable bonds is 8. The first-order chi connectivity index (χ1) is 18.5. The molecule has 1 aliphatic heterocycles. The number of benzene rings is 1. The van der Waals surface area contributed by atoms with Gasteiger partial charge in [0.15, 0.2) is 11.6 Å². The monoisotopic (exact) mass is 571 g/mol. The molecule has 1 saturated heterocycles. The highest BCUT2D eigenvalue weighted by Gasteiger charge is 2.40. The van der Waals surface area contributed by atoms with E-state index >= 15 is 4.39 Å². The summed E-state index contributed by atoms with van der Waals surface area (Å²) in [7, 11) is 3.43. The number of pyridine rings is 2. The van der Waals surface area contributed by atoms with Gasteiger partial charge in [0.05, 0.1) is 27.6 Å². The normalized spacial score (nSPS) is 15.2. The molecule has 1 aromatic carbocycles. The summed E-state index contributed by atoms with van der Waals surface area (Å²) in [6, 6.07) is 6.92. The summed E-state index contributed by atoms with van der Waals surface area (Å²) in [5.41, 5.74) is 2.20. The number of aromatic nitrogens is 4. The molecule has 0 saturated carbocycles. The molecule has 5 rings (SSSR count). The topological polar surface area (TPSA) is 99.3 Å². The van der Waals surface area contributed by atoms with Crippen LogP contribution >= 0.6 is 23.2 Å². The number of H-pyrrole nitrogens is 1. The van der Waals surface area contributed by atoms with Crippen molar-refractivity contribution in [2.45, 2.75) is 25.5 Å². The van der Waals surface area contributed by atoms with Gasteiger partial charge in [-0.25, -0.2) is 9.37 Å². The van der Waals surface area contributed by atoms with E-state index in [-0.39, 0.29) is 23.8 Å². The lowest BCUT2D eigenvalue weighted by Gasteiger charge is -2.49. The molecule has 204 valence electrons. The van der Waals surface area contributed by atoms with Crippen LogP contribution in [-0.4, -0.2) is 70.2 Å². The molecule has 9 nitrogen and oxygen atoms in total. The van der Waals surface area contributed by atoms with Gasteiger partial charge in [-0.15, -0.1) is 0 Å². The lowest BCUT2D eigenvalue weighted by atomic mass is 9.92. The summed E-state index contributed by atoms with van der Waals surface area (Å²) >= 11 is 12.6. The van der Waals surface area contributed by atoms with Gasteiger partial charge >= 0.3 is 0 Å². The number of carbonyl (C=O) groups is 1. The van der Waals surface area contributed by atoms with E-state index in [1.807, 2.05) is 36.9 Å². The van der Waals surface area contributed by atoms with Crippen LogP contribution in [0.15, 0.2) is 42.9 Å². The zero-order valence-corrected chi connectivity index (χ0v) is 23.4. The Balaban J connectivity index is 1.32. The van der Waals surface area contributed by atoms with Crippen LogP contribution < -0.4 is 15.0 Å². The molecule has 4 heterocycles. The zero-order valence-electron chi connectivity index (χ0n) is 21.9. The smallest absolute Gasteiger partial charge is 0.236 e. The summed E-state index contributed by atoms with van der Waals surface area (Å²) in [5.74, 6) is 0.383. The van der Waals surface area contributed by atoms with Crippen molar-refractivity contribution in [1.82, 2.24) is 30.4 Å². The van der Waals surface area contributed by atoms with Gasteiger partial charge in [-0.1, -0.05) is 23.2 Å². The van der Waals surface area contributed by atoms with Gasteiger partial charge in [0.2, 0.25) is 5.91 Å². The Morgan fingerprint density at radius 1 is 1.23 bits per heavy atom. The summed E-state index contributed by atoms with van der Waals surface area (Å²) in [6.07, 6.45) is 4.22. The Kier molecular flexibility index (Phi) is 7.37. The predicted molar refractivity (Wildman–Crippen MR) is 150 cm³/mol. The fourth-order valence-electron chi connectivity index (χ4n) is 4.66. The molecule has 1 aliphatic rings. The van der Waals surface area contributed by atoms with Crippen molar-refractivity contribution >= 4 is 45.8 Å². The van der Waals surface area contributed by atoms with Crippen LogP contribution in [0.25, 0.3) is 22.2 Å².